The number of rotatable bonds is 5. The third kappa shape index (κ3) is 3.93. The summed E-state index contributed by atoms with van der Waals surface area (Å²) in [6.45, 7) is 0.492. The zero-order valence-electron chi connectivity index (χ0n) is 15.2. The van der Waals surface area contributed by atoms with Gasteiger partial charge in [-0.25, -0.2) is 0 Å². The Bertz CT molecular complexity index is 884. The van der Waals surface area contributed by atoms with Crippen molar-refractivity contribution in [2.24, 2.45) is 5.73 Å². The van der Waals surface area contributed by atoms with E-state index in [9.17, 15) is 9.59 Å². The van der Waals surface area contributed by atoms with E-state index < -0.39 is 11.9 Å². The maximum Gasteiger partial charge on any atom is 0.254 e. The SMILES string of the molecule is COc1cc2c(cc1OC)C(CC(N)=O)N(C(=O)c1cccc(Br)c1)CC2. The number of amides is 2. The van der Waals surface area contributed by atoms with E-state index in [4.69, 9.17) is 15.2 Å². The van der Waals surface area contributed by atoms with Crippen LogP contribution in [0.2, 0.25) is 0 Å². The van der Waals surface area contributed by atoms with E-state index in [2.05, 4.69) is 15.9 Å². The van der Waals surface area contributed by atoms with E-state index in [0.717, 1.165) is 15.6 Å². The van der Waals surface area contributed by atoms with Gasteiger partial charge >= 0.3 is 0 Å². The van der Waals surface area contributed by atoms with Gasteiger partial charge in [0.05, 0.1) is 26.7 Å². The molecule has 0 fully saturated rings. The number of methoxy groups -OCH3 is 2. The zero-order valence-corrected chi connectivity index (χ0v) is 16.8. The van der Waals surface area contributed by atoms with Crippen LogP contribution in [0.5, 0.6) is 11.5 Å². The molecule has 0 radical (unpaired) electrons. The average molecular weight is 433 g/mol. The second kappa shape index (κ2) is 8.00. The molecule has 1 aliphatic heterocycles. The maximum atomic E-state index is 13.1. The molecule has 0 saturated heterocycles. The Morgan fingerprint density at radius 1 is 1.19 bits per heavy atom. The van der Waals surface area contributed by atoms with Crippen LogP contribution in [0.15, 0.2) is 40.9 Å². The lowest BCUT2D eigenvalue weighted by Gasteiger charge is -2.37. The predicted octanol–water partition coefficient (Wildman–Crippen LogP) is 3.08. The standard InChI is InChI=1S/C20H21BrN2O4/c1-26-17-9-12-6-7-23(20(25)13-4-3-5-14(21)8-13)16(11-19(22)24)15(12)10-18(17)27-2/h3-5,8-10,16H,6-7,11H2,1-2H3,(H2,22,24). The topological polar surface area (TPSA) is 81.9 Å². The summed E-state index contributed by atoms with van der Waals surface area (Å²) < 4.78 is 11.6. The minimum Gasteiger partial charge on any atom is -0.493 e. The van der Waals surface area contributed by atoms with Gasteiger partial charge in [-0.15, -0.1) is 0 Å². The smallest absolute Gasteiger partial charge is 0.254 e. The summed E-state index contributed by atoms with van der Waals surface area (Å²) in [5.74, 6) is 0.584. The molecule has 2 amide bonds. The molecule has 3 rings (SSSR count). The number of hydrogen-bond donors (Lipinski definition) is 1. The fraction of sp³-hybridized carbons (Fsp3) is 0.300. The highest BCUT2D eigenvalue weighted by Gasteiger charge is 2.33. The molecule has 142 valence electrons. The second-order valence-electron chi connectivity index (χ2n) is 6.35. The van der Waals surface area contributed by atoms with E-state index in [1.54, 1.807) is 31.3 Å². The molecule has 2 N–H and O–H groups in total. The van der Waals surface area contributed by atoms with Crippen molar-refractivity contribution in [3.8, 4) is 11.5 Å². The predicted molar refractivity (Wildman–Crippen MR) is 105 cm³/mol. The number of nitrogens with zero attached hydrogens (tertiary/aromatic N) is 1. The van der Waals surface area contributed by atoms with Gasteiger partial charge < -0.3 is 20.1 Å². The van der Waals surface area contributed by atoms with E-state index in [1.165, 1.54) is 0 Å². The number of nitrogens with two attached hydrogens (primary N) is 1. The largest absolute Gasteiger partial charge is 0.493 e. The summed E-state index contributed by atoms with van der Waals surface area (Å²) >= 11 is 3.40. The number of benzene rings is 2. The number of hydrogen-bond acceptors (Lipinski definition) is 4. The van der Waals surface area contributed by atoms with Gasteiger partial charge in [0.25, 0.3) is 5.91 Å². The Labute approximate surface area is 166 Å². The Kier molecular flexibility index (Phi) is 5.70. The van der Waals surface area contributed by atoms with Crippen molar-refractivity contribution in [1.29, 1.82) is 0 Å². The van der Waals surface area contributed by atoms with Gasteiger partial charge in [0, 0.05) is 16.6 Å². The summed E-state index contributed by atoms with van der Waals surface area (Å²) in [5, 5.41) is 0. The van der Waals surface area contributed by atoms with Crippen LogP contribution in [0.3, 0.4) is 0 Å². The molecule has 0 aliphatic carbocycles. The van der Waals surface area contributed by atoms with Crippen molar-refractivity contribution in [1.82, 2.24) is 4.90 Å². The van der Waals surface area contributed by atoms with E-state index in [1.807, 2.05) is 24.3 Å². The van der Waals surface area contributed by atoms with Gasteiger partial charge in [0.15, 0.2) is 11.5 Å². The summed E-state index contributed by atoms with van der Waals surface area (Å²) in [6, 6.07) is 10.5. The van der Waals surface area contributed by atoms with Gasteiger partial charge in [-0.05, 0) is 47.9 Å². The van der Waals surface area contributed by atoms with E-state index in [0.29, 0.717) is 30.0 Å². The van der Waals surface area contributed by atoms with Crippen molar-refractivity contribution >= 4 is 27.7 Å². The fourth-order valence-corrected chi connectivity index (χ4v) is 3.87. The van der Waals surface area contributed by atoms with Crippen LogP contribution in [-0.2, 0) is 11.2 Å². The third-order valence-corrected chi connectivity index (χ3v) is 5.22. The van der Waals surface area contributed by atoms with Crippen molar-refractivity contribution in [3.63, 3.8) is 0 Å². The first-order chi connectivity index (χ1) is 12.9. The van der Waals surface area contributed by atoms with Gasteiger partial charge in [0.2, 0.25) is 5.91 Å². The van der Waals surface area contributed by atoms with Gasteiger partial charge in [-0.2, -0.15) is 0 Å². The highest BCUT2D eigenvalue weighted by molar-refractivity contribution is 9.10. The summed E-state index contributed by atoms with van der Waals surface area (Å²) in [5.41, 5.74) is 7.94. The van der Waals surface area contributed by atoms with Crippen LogP contribution in [-0.4, -0.2) is 37.5 Å². The Morgan fingerprint density at radius 2 is 1.89 bits per heavy atom. The second-order valence-corrected chi connectivity index (χ2v) is 7.27. The number of carbonyl (C=O) groups is 2. The first-order valence-electron chi connectivity index (χ1n) is 8.54. The van der Waals surface area contributed by atoms with E-state index >= 15 is 0 Å². The first kappa shape index (κ1) is 19.2. The van der Waals surface area contributed by atoms with Crippen LogP contribution in [0.4, 0.5) is 0 Å². The van der Waals surface area contributed by atoms with Crippen molar-refractivity contribution < 1.29 is 19.1 Å². The minimum atomic E-state index is -0.463. The molecule has 6 nitrogen and oxygen atoms in total. The molecular formula is C20H21BrN2O4. The lowest BCUT2D eigenvalue weighted by atomic mass is 9.89. The highest BCUT2D eigenvalue weighted by atomic mass is 79.9. The molecule has 1 unspecified atom stereocenters. The number of primary amides is 1. The summed E-state index contributed by atoms with van der Waals surface area (Å²) in [4.78, 5) is 26.6. The molecule has 0 spiro atoms. The molecule has 0 saturated carbocycles. The summed E-state index contributed by atoms with van der Waals surface area (Å²) in [7, 11) is 3.14. The fourth-order valence-electron chi connectivity index (χ4n) is 3.47. The van der Waals surface area contributed by atoms with Crippen LogP contribution < -0.4 is 15.2 Å². The Balaban J connectivity index is 2.04. The first-order valence-corrected chi connectivity index (χ1v) is 9.33. The number of fused-ring (bicyclic) bond motifs is 1. The molecule has 27 heavy (non-hydrogen) atoms. The molecule has 2 aromatic carbocycles. The number of carbonyl (C=O) groups excluding carboxylic acids is 2. The Morgan fingerprint density at radius 3 is 2.52 bits per heavy atom. The maximum absolute atomic E-state index is 13.1. The monoisotopic (exact) mass is 432 g/mol. The molecule has 2 aromatic rings. The minimum absolute atomic E-state index is 0.0439. The molecule has 7 heteroatoms. The quantitative estimate of drug-likeness (QED) is 0.786. The third-order valence-electron chi connectivity index (χ3n) is 4.73. The average Bonchev–Trinajstić information content (AvgIpc) is 2.66. The molecule has 1 atom stereocenters. The van der Waals surface area contributed by atoms with Gasteiger partial charge in [-0.3, -0.25) is 9.59 Å². The van der Waals surface area contributed by atoms with Crippen molar-refractivity contribution in [3.05, 3.63) is 57.6 Å². The van der Waals surface area contributed by atoms with E-state index in [-0.39, 0.29) is 12.3 Å². The zero-order chi connectivity index (χ0) is 19.6. The Hall–Kier alpha value is -2.54. The molecule has 0 bridgehead atoms. The van der Waals surface area contributed by atoms with Crippen LogP contribution in [0.1, 0.15) is 33.9 Å². The van der Waals surface area contributed by atoms with Gasteiger partial charge in [-0.1, -0.05) is 22.0 Å². The summed E-state index contributed by atoms with van der Waals surface area (Å²) in [6.07, 6.45) is 0.701. The highest BCUT2D eigenvalue weighted by Crippen LogP contribution is 2.40. The molecule has 0 aromatic heterocycles. The number of ether oxygens (including phenoxy) is 2. The lowest BCUT2D eigenvalue weighted by molar-refractivity contribution is -0.119. The normalized spacial score (nSPS) is 15.8. The molecule has 1 heterocycles. The molecule has 1 aliphatic rings. The van der Waals surface area contributed by atoms with Crippen LogP contribution in [0, 0.1) is 0 Å². The van der Waals surface area contributed by atoms with Crippen molar-refractivity contribution in [2.75, 3.05) is 20.8 Å². The van der Waals surface area contributed by atoms with Crippen molar-refractivity contribution in [2.45, 2.75) is 18.9 Å². The van der Waals surface area contributed by atoms with Crippen LogP contribution >= 0.6 is 15.9 Å². The van der Waals surface area contributed by atoms with Crippen LogP contribution in [0.25, 0.3) is 0 Å². The molecular weight excluding hydrogens is 412 g/mol. The van der Waals surface area contributed by atoms with Gasteiger partial charge in [0.1, 0.15) is 0 Å². The number of halogens is 1. The lowest BCUT2D eigenvalue weighted by Crippen LogP contribution is -2.41.